The van der Waals surface area contributed by atoms with Crippen LogP contribution in [0.3, 0.4) is 0 Å². The number of likely N-dealkylation sites (tertiary alicyclic amines) is 1. The van der Waals surface area contributed by atoms with Crippen LogP contribution in [0.15, 0.2) is 18.2 Å². The second-order valence-corrected chi connectivity index (χ2v) is 6.29. The van der Waals surface area contributed by atoms with Crippen LogP contribution in [0.1, 0.15) is 29.6 Å². The lowest BCUT2D eigenvalue weighted by Gasteiger charge is -2.29. The summed E-state index contributed by atoms with van der Waals surface area (Å²) in [5, 5.41) is 0.378. The topological polar surface area (TPSA) is 46.3 Å². The van der Waals surface area contributed by atoms with E-state index in [0.717, 1.165) is 19.3 Å². The number of carbonyl (C=O) groups is 1. The Morgan fingerprint density at radius 1 is 1.35 bits per heavy atom. The highest BCUT2D eigenvalue weighted by molar-refractivity contribution is 6.31. The van der Waals surface area contributed by atoms with Crippen molar-refractivity contribution < 1.29 is 9.18 Å². The first-order chi connectivity index (χ1) is 9.56. The van der Waals surface area contributed by atoms with Gasteiger partial charge in [0.25, 0.3) is 5.91 Å². The molecule has 0 aromatic heterocycles. The van der Waals surface area contributed by atoms with Gasteiger partial charge in [-0.2, -0.15) is 0 Å². The zero-order valence-corrected chi connectivity index (χ0v) is 11.9. The minimum absolute atomic E-state index is 0.0599. The molecule has 3 nitrogen and oxygen atoms in total. The molecular formula is C15H18ClFN2O. The smallest absolute Gasteiger partial charge is 0.256 e. The average Bonchev–Trinajstić information content (AvgIpc) is 2.86. The number of rotatable bonds is 1. The van der Waals surface area contributed by atoms with Crippen molar-refractivity contribution in [1.29, 1.82) is 0 Å². The Bertz CT molecular complexity index is 537. The maximum absolute atomic E-state index is 13.8. The Hall–Kier alpha value is -1.13. The van der Waals surface area contributed by atoms with Crippen molar-refractivity contribution in [3.05, 3.63) is 34.6 Å². The van der Waals surface area contributed by atoms with Crippen molar-refractivity contribution in [3.8, 4) is 0 Å². The SMILES string of the molecule is NC1CCCC2CN(C(=O)c3cc(Cl)ccc3F)CC12. The van der Waals surface area contributed by atoms with Gasteiger partial charge in [0, 0.05) is 24.2 Å². The average molecular weight is 297 g/mol. The van der Waals surface area contributed by atoms with Gasteiger partial charge in [-0.1, -0.05) is 18.0 Å². The van der Waals surface area contributed by atoms with Crippen LogP contribution in [0.4, 0.5) is 4.39 Å². The molecule has 5 heteroatoms. The summed E-state index contributed by atoms with van der Waals surface area (Å²) in [7, 11) is 0. The number of nitrogens with zero attached hydrogens (tertiary/aromatic N) is 1. The summed E-state index contributed by atoms with van der Waals surface area (Å²) in [5.74, 6) is 0.0325. The predicted molar refractivity (Wildman–Crippen MR) is 76.1 cm³/mol. The zero-order valence-electron chi connectivity index (χ0n) is 11.2. The van der Waals surface area contributed by atoms with Crippen molar-refractivity contribution in [2.75, 3.05) is 13.1 Å². The van der Waals surface area contributed by atoms with Gasteiger partial charge in [-0.15, -0.1) is 0 Å². The van der Waals surface area contributed by atoms with Crippen molar-refractivity contribution in [2.45, 2.75) is 25.3 Å². The molecule has 0 bridgehead atoms. The molecule has 1 aliphatic carbocycles. The third kappa shape index (κ3) is 2.42. The van der Waals surface area contributed by atoms with E-state index in [0.29, 0.717) is 29.9 Å². The molecule has 20 heavy (non-hydrogen) atoms. The fourth-order valence-electron chi connectivity index (χ4n) is 3.51. The van der Waals surface area contributed by atoms with E-state index in [2.05, 4.69) is 0 Å². The van der Waals surface area contributed by atoms with Crippen LogP contribution in [0.2, 0.25) is 5.02 Å². The van der Waals surface area contributed by atoms with Crippen LogP contribution < -0.4 is 5.73 Å². The summed E-state index contributed by atoms with van der Waals surface area (Å²) < 4.78 is 13.8. The number of hydrogen-bond donors (Lipinski definition) is 1. The largest absolute Gasteiger partial charge is 0.338 e. The number of benzene rings is 1. The van der Waals surface area contributed by atoms with Crippen molar-refractivity contribution in [2.24, 2.45) is 17.6 Å². The highest BCUT2D eigenvalue weighted by atomic mass is 35.5. The van der Waals surface area contributed by atoms with E-state index in [1.807, 2.05) is 0 Å². The van der Waals surface area contributed by atoms with Gasteiger partial charge in [0.1, 0.15) is 5.82 Å². The lowest BCUT2D eigenvalue weighted by atomic mass is 9.78. The normalized spacial score (nSPS) is 29.4. The molecule has 1 heterocycles. The van der Waals surface area contributed by atoms with Crippen molar-refractivity contribution in [3.63, 3.8) is 0 Å². The van der Waals surface area contributed by atoms with Crippen LogP contribution in [0.5, 0.6) is 0 Å². The fraction of sp³-hybridized carbons (Fsp3) is 0.533. The minimum atomic E-state index is -0.515. The van der Waals surface area contributed by atoms with E-state index in [9.17, 15) is 9.18 Å². The van der Waals surface area contributed by atoms with E-state index in [1.54, 1.807) is 4.90 Å². The number of nitrogens with two attached hydrogens (primary N) is 1. The fourth-order valence-corrected chi connectivity index (χ4v) is 3.69. The van der Waals surface area contributed by atoms with E-state index in [1.165, 1.54) is 18.2 Å². The molecule has 0 spiro atoms. The molecule has 2 N–H and O–H groups in total. The third-order valence-corrected chi connectivity index (χ3v) is 4.84. The van der Waals surface area contributed by atoms with Crippen LogP contribution in [-0.2, 0) is 0 Å². The predicted octanol–water partition coefficient (Wildman–Crippen LogP) is 2.68. The molecule has 3 unspecified atom stereocenters. The highest BCUT2D eigenvalue weighted by Gasteiger charge is 2.40. The van der Waals surface area contributed by atoms with E-state index < -0.39 is 5.82 Å². The van der Waals surface area contributed by atoms with Gasteiger partial charge < -0.3 is 10.6 Å². The standard InChI is InChI=1S/C15H18ClFN2O/c16-10-4-5-13(17)11(6-10)15(20)19-7-9-2-1-3-14(18)12(9)8-19/h4-6,9,12,14H,1-3,7-8,18H2. The van der Waals surface area contributed by atoms with E-state index in [-0.39, 0.29) is 17.5 Å². The summed E-state index contributed by atoms with van der Waals surface area (Å²) >= 11 is 5.86. The van der Waals surface area contributed by atoms with Gasteiger partial charge >= 0.3 is 0 Å². The summed E-state index contributed by atoms with van der Waals surface area (Å²) in [5.41, 5.74) is 6.20. The maximum atomic E-state index is 13.8. The molecular weight excluding hydrogens is 279 g/mol. The number of carbonyl (C=O) groups excluding carboxylic acids is 1. The summed E-state index contributed by atoms with van der Waals surface area (Å²) in [6, 6.07) is 4.26. The molecule has 3 rings (SSSR count). The molecule has 1 saturated carbocycles. The van der Waals surface area contributed by atoms with Gasteiger partial charge in [0.15, 0.2) is 0 Å². The summed E-state index contributed by atoms with van der Waals surface area (Å²) in [6.45, 7) is 1.32. The number of amides is 1. The Labute approximate surface area is 122 Å². The first-order valence-electron chi connectivity index (χ1n) is 7.06. The highest BCUT2D eigenvalue weighted by Crippen LogP contribution is 2.36. The molecule has 1 saturated heterocycles. The van der Waals surface area contributed by atoms with Crippen molar-refractivity contribution >= 4 is 17.5 Å². The van der Waals surface area contributed by atoms with Gasteiger partial charge in [0.2, 0.25) is 0 Å². The van der Waals surface area contributed by atoms with Gasteiger partial charge in [-0.05, 0) is 42.9 Å². The quantitative estimate of drug-likeness (QED) is 0.866. The Kier molecular flexibility index (Phi) is 3.69. The Morgan fingerprint density at radius 3 is 2.90 bits per heavy atom. The van der Waals surface area contributed by atoms with Gasteiger partial charge in [0.05, 0.1) is 5.56 Å². The Balaban J connectivity index is 1.80. The number of hydrogen-bond acceptors (Lipinski definition) is 2. The van der Waals surface area contributed by atoms with Gasteiger partial charge in [-0.3, -0.25) is 4.79 Å². The molecule has 3 atom stereocenters. The molecule has 0 radical (unpaired) electrons. The molecule has 108 valence electrons. The van der Waals surface area contributed by atoms with Crippen LogP contribution >= 0.6 is 11.6 Å². The van der Waals surface area contributed by atoms with Crippen LogP contribution in [0.25, 0.3) is 0 Å². The molecule has 1 amide bonds. The summed E-state index contributed by atoms with van der Waals surface area (Å²) in [6.07, 6.45) is 3.25. The number of fused-ring (bicyclic) bond motifs is 1. The lowest BCUT2D eigenvalue weighted by molar-refractivity contribution is 0.0779. The zero-order chi connectivity index (χ0) is 14.3. The minimum Gasteiger partial charge on any atom is -0.338 e. The van der Waals surface area contributed by atoms with Gasteiger partial charge in [-0.25, -0.2) is 4.39 Å². The monoisotopic (exact) mass is 296 g/mol. The first-order valence-corrected chi connectivity index (χ1v) is 7.44. The molecule has 1 aromatic carbocycles. The third-order valence-electron chi connectivity index (χ3n) is 4.60. The maximum Gasteiger partial charge on any atom is 0.256 e. The lowest BCUT2D eigenvalue weighted by Crippen LogP contribution is -2.38. The molecule has 1 aliphatic heterocycles. The first kappa shape index (κ1) is 13.8. The second-order valence-electron chi connectivity index (χ2n) is 5.85. The van der Waals surface area contributed by atoms with Crippen LogP contribution in [0, 0.1) is 17.7 Å². The van der Waals surface area contributed by atoms with Crippen molar-refractivity contribution in [1.82, 2.24) is 4.90 Å². The molecule has 1 aromatic rings. The second kappa shape index (κ2) is 5.34. The van der Waals surface area contributed by atoms with Crippen LogP contribution in [-0.4, -0.2) is 29.9 Å². The summed E-state index contributed by atoms with van der Waals surface area (Å²) in [4.78, 5) is 14.2. The van der Waals surface area contributed by atoms with E-state index >= 15 is 0 Å². The van der Waals surface area contributed by atoms with E-state index in [4.69, 9.17) is 17.3 Å². The number of halogens is 2. The molecule has 2 fully saturated rings. The Morgan fingerprint density at radius 2 is 2.15 bits per heavy atom. The molecule has 2 aliphatic rings.